The van der Waals surface area contributed by atoms with Crippen LogP contribution in [0.15, 0.2) is 42.6 Å². The molecule has 4 rings (SSSR count). The van der Waals surface area contributed by atoms with Crippen LogP contribution in [-0.2, 0) is 28.9 Å². The Bertz CT molecular complexity index is 1200. The summed E-state index contributed by atoms with van der Waals surface area (Å²) in [6.45, 7) is 1.68. The van der Waals surface area contributed by atoms with Crippen molar-refractivity contribution in [2.24, 2.45) is 5.73 Å². The van der Waals surface area contributed by atoms with Crippen molar-refractivity contribution in [3.63, 3.8) is 0 Å². The van der Waals surface area contributed by atoms with E-state index in [9.17, 15) is 9.59 Å². The highest BCUT2D eigenvalue weighted by Gasteiger charge is 2.26. The van der Waals surface area contributed by atoms with Crippen molar-refractivity contribution in [2.45, 2.75) is 50.7 Å². The lowest BCUT2D eigenvalue weighted by Gasteiger charge is -2.28. The minimum absolute atomic E-state index is 0. The first-order valence-corrected chi connectivity index (χ1v) is 11.5. The summed E-state index contributed by atoms with van der Waals surface area (Å²) in [5.74, 6) is 0.822. The predicted octanol–water partition coefficient (Wildman–Crippen LogP) is 2.66. The topological polar surface area (TPSA) is 118 Å². The second-order valence-corrected chi connectivity index (χ2v) is 8.82. The summed E-state index contributed by atoms with van der Waals surface area (Å²) in [7, 11) is 3.23. The van der Waals surface area contributed by atoms with Gasteiger partial charge in [-0.2, -0.15) is 0 Å². The largest absolute Gasteiger partial charge is 0.493 e. The minimum atomic E-state index is -0.751. The molecular formula is C26H33ClN4O4. The van der Waals surface area contributed by atoms with Crippen molar-refractivity contribution < 1.29 is 19.1 Å². The summed E-state index contributed by atoms with van der Waals surface area (Å²) in [6, 6.07) is 10.4. The molecule has 0 saturated carbocycles. The van der Waals surface area contributed by atoms with E-state index < -0.39 is 12.1 Å². The summed E-state index contributed by atoms with van der Waals surface area (Å²) >= 11 is 0. The molecule has 0 aliphatic heterocycles. The fourth-order valence-corrected chi connectivity index (χ4v) is 4.55. The molecule has 2 aromatic carbocycles. The van der Waals surface area contributed by atoms with E-state index in [2.05, 4.69) is 15.6 Å². The number of para-hydroxylation sites is 1. The smallest absolute Gasteiger partial charge is 0.242 e. The number of ether oxygens (including phenoxy) is 2. The first-order valence-electron chi connectivity index (χ1n) is 11.5. The lowest BCUT2D eigenvalue weighted by atomic mass is 9.87. The Morgan fingerprint density at radius 1 is 1.11 bits per heavy atom. The van der Waals surface area contributed by atoms with Crippen molar-refractivity contribution in [2.75, 3.05) is 14.2 Å². The number of aromatic nitrogens is 1. The summed E-state index contributed by atoms with van der Waals surface area (Å²) in [4.78, 5) is 28.6. The number of hydrogen-bond acceptors (Lipinski definition) is 5. The molecule has 0 radical (unpaired) electrons. The fraction of sp³-hybridized carbons (Fsp3) is 0.385. The normalized spacial score (nSPS) is 16.4. The predicted molar refractivity (Wildman–Crippen MR) is 138 cm³/mol. The van der Waals surface area contributed by atoms with E-state index in [-0.39, 0.29) is 30.3 Å². The number of benzene rings is 2. The van der Waals surface area contributed by atoms with Crippen molar-refractivity contribution in [1.82, 2.24) is 15.6 Å². The number of methoxy groups -OCH3 is 2. The zero-order chi connectivity index (χ0) is 24.2. The number of rotatable bonds is 8. The van der Waals surface area contributed by atoms with Gasteiger partial charge in [-0.25, -0.2) is 0 Å². The molecule has 5 N–H and O–H groups in total. The third-order valence-electron chi connectivity index (χ3n) is 6.48. The number of carbonyl (C=O) groups is 2. The number of nitrogens with two attached hydrogens (primary N) is 1. The van der Waals surface area contributed by atoms with Gasteiger partial charge in [-0.15, -0.1) is 12.4 Å². The molecule has 1 aliphatic rings. The maximum absolute atomic E-state index is 12.8. The second kappa shape index (κ2) is 11.5. The van der Waals surface area contributed by atoms with Gasteiger partial charge in [0.1, 0.15) is 6.04 Å². The van der Waals surface area contributed by atoms with Crippen molar-refractivity contribution in [1.29, 1.82) is 0 Å². The van der Waals surface area contributed by atoms with Crippen LogP contribution >= 0.6 is 12.4 Å². The van der Waals surface area contributed by atoms with Gasteiger partial charge >= 0.3 is 0 Å². The van der Waals surface area contributed by atoms with E-state index >= 15 is 0 Å². The number of halogens is 1. The van der Waals surface area contributed by atoms with E-state index in [0.29, 0.717) is 24.3 Å². The van der Waals surface area contributed by atoms with Crippen molar-refractivity contribution in [3.05, 3.63) is 59.3 Å². The van der Waals surface area contributed by atoms with E-state index in [1.54, 1.807) is 21.1 Å². The van der Waals surface area contributed by atoms with Crippen LogP contribution in [0.5, 0.6) is 11.5 Å². The third-order valence-corrected chi connectivity index (χ3v) is 6.48. The Morgan fingerprint density at radius 3 is 2.51 bits per heavy atom. The Hall–Kier alpha value is -3.23. The number of aryl methyl sites for hydroxylation is 1. The molecule has 1 aromatic heterocycles. The highest BCUT2D eigenvalue weighted by molar-refractivity contribution is 5.90. The molecule has 1 aliphatic carbocycles. The number of nitrogens with one attached hydrogen (secondary N) is 3. The number of amides is 2. The molecule has 1 heterocycles. The Morgan fingerprint density at radius 2 is 1.80 bits per heavy atom. The monoisotopic (exact) mass is 500 g/mol. The Labute approximate surface area is 211 Å². The molecule has 0 saturated heterocycles. The second-order valence-electron chi connectivity index (χ2n) is 8.82. The zero-order valence-corrected chi connectivity index (χ0v) is 21.0. The standard InChI is InChI=1S/C26H32N4O4.ClH/c1-15(29-26(32)21(27)11-18-14-28-22-7-5-4-6-20(18)22)25(31)30-19-9-8-16-12-23(33-2)24(34-3)13-17(16)10-19;/h4-7,12-15,19,21,28H,8-11,27H2,1-3H3,(H,29,32)(H,30,31);1H/t15-,19?,21-;/m0./s1. The lowest BCUT2D eigenvalue weighted by Crippen LogP contribution is -2.53. The zero-order valence-electron chi connectivity index (χ0n) is 20.2. The van der Waals surface area contributed by atoms with Gasteiger partial charge < -0.3 is 30.8 Å². The van der Waals surface area contributed by atoms with Gasteiger partial charge in [0, 0.05) is 23.1 Å². The van der Waals surface area contributed by atoms with E-state index in [4.69, 9.17) is 15.2 Å². The van der Waals surface area contributed by atoms with Crippen LogP contribution in [0, 0.1) is 0 Å². The van der Waals surface area contributed by atoms with Crippen LogP contribution in [0.1, 0.15) is 30.0 Å². The molecule has 9 heteroatoms. The van der Waals surface area contributed by atoms with Gasteiger partial charge in [-0.05, 0) is 67.5 Å². The number of carbonyl (C=O) groups excluding carboxylic acids is 2. The summed E-state index contributed by atoms with van der Waals surface area (Å²) < 4.78 is 10.8. The number of aromatic amines is 1. The first kappa shape index (κ1) is 26.4. The van der Waals surface area contributed by atoms with Gasteiger partial charge in [0.2, 0.25) is 11.8 Å². The van der Waals surface area contributed by atoms with Gasteiger partial charge in [0.05, 0.1) is 20.3 Å². The number of H-pyrrole nitrogens is 1. The molecule has 3 aromatic rings. The first-order chi connectivity index (χ1) is 16.4. The fourth-order valence-electron chi connectivity index (χ4n) is 4.55. The van der Waals surface area contributed by atoms with E-state index in [0.717, 1.165) is 34.9 Å². The molecule has 0 bridgehead atoms. The molecule has 188 valence electrons. The molecule has 1 unspecified atom stereocenters. The molecule has 0 fully saturated rings. The van der Waals surface area contributed by atoms with Crippen LogP contribution in [0.25, 0.3) is 10.9 Å². The Kier molecular flexibility index (Phi) is 8.64. The van der Waals surface area contributed by atoms with Crippen LogP contribution in [0.2, 0.25) is 0 Å². The summed E-state index contributed by atoms with van der Waals surface area (Å²) in [6.07, 6.45) is 4.60. The maximum Gasteiger partial charge on any atom is 0.242 e. The number of hydrogen-bond donors (Lipinski definition) is 4. The van der Waals surface area contributed by atoms with Gasteiger partial charge in [0.15, 0.2) is 11.5 Å². The number of fused-ring (bicyclic) bond motifs is 2. The Balaban J connectivity index is 0.00000342. The molecular weight excluding hydrogens is 468 g/mol. The SMILES string of the molecule is COc1cc2c(cc1OC)CC(NC(=O)[C@H](C)NC(=O)[C@@H](N)Cc1c[nH]c3ccccc13)CC2.Cl. The third kappa shape index (κ3) is 5.89. The molecule has 0 spiro atoms. The molecule has 8 nitrogen and oxygen atoms in total. The van der Waals surface area contributed by atoms with Gasteiger partial charge in [-0.1, -0.05) is 18.2 Å². The molecule has 3 atom stereocenters. The van der Waals surface area contributed by atoms with Crippen LogP contribution in [0.4, 0.5) is 0 Å². The highest BCUT2D eigenvalue weighted by atomic mass is 35.5. The quantitative estimate of drug-likeness (QED) is 0.379. The molecule has 2 amide bonds. The maximum atomic E-state index is 12.8. The van der Waals surface area contributed by atoms with Crippen LogP contribution in [-0.4, -0.2) is 49.1 Å². The minimum Gasteiger partial charge on any atom is -0.493 e. The van der Waals surface area contributed by atoms with Crippen molar-refractivity contribution in [3.8, 4) is 11.5 Å². The van der Waals surface area contributed by atoms with Crippen LogP contribution < -0.4 is 25.8 Å². The molecule has 35 heavy (non-hydrogen) atoms. The summed E-state index contributed by atoms with van der Waals surface area (Å²) in [5, 5.41) is 6.87. The average molecular weight is 501 g/mol. The average Bonchev–Trinajstić information content (AvgIpc) is 3.25. The van der Waals surface area contributed by atoms with Crippen molar-refractivity contribution >= 4 is 35.1 Å². The summed E-state index contributed by atoms with van der Waals surface area (Å²) in [5.41, 5.74) is 10.5. The van der Waals surface area contributed by atoms with Gasteiger partial charge in [-0.3, -0.25) is 9.59 Å². The highest BCUT2D eigenvalue weighted by Crippen LogP contribution is 2.34. The van der Waals surface area contributed by atoms with Crippen LogP contribution in [0.3, 0.4) is 0 Å². The van der Waals surface area contributed by atoms with Gasteiger partial charge in [0.25, 0.3) is 0 Å². The lowest BCUT2D eigenvalue weighted by molar-refractivity contribution is -0.129. The van der Waals surface area contributed by atoms with E-state index in [1.165, 1.54) is 5.56 Å². The van der Waals surface area contributed by atoms with E-state index in [1.807, 2.05) is 42.6 Å².